The van der Waals surface area contributed by atoms with E-state index in [2.05, 4.69) is 9.72 Å². The van der Waals surface area contributed by atoms with Crippen LogP contribution in [0.3, 0.4) is 0 Å². The Kier molecular flexibility index (Phi) is 4.18. The molecule has 1 aromatic rings. The number of nitrogens with zero attached hydrogens (tertiary/aromatic N) is 1. The van der Waals surface area contributed by atoms with Gasteiger partial charge in [-0.3, -0.25) is 4.79 Å². The number of ether oxygens (including phenoxy) is 1. The smallest absolute Gasteiger partial charge is 0.310 e. The maximum atomic E-state index is 12.6. The van der Waals surface area contributed by atoms with E-state index in [1.165, 1.54) is 13.2 Å². The molecule has 0 aliphatic carbocycles. The van der Waals surface area contributed by atoms with E-state index in [-0.39, 0.29) is 17.1 Å². The lowest BCUT2D eigenvalue weighted by Crippen LogP contribution is -2.09. The Morgan fingerprint density at radius 1 is 1.62 bits per heavy atom. The van der Waals surface area contributed by atoms with Gasteiger partial charge in [0.15, 0.2) is 0 Å². The Labute approximate surface area is 96.4 Å². The summed E-state index contributed by atoms with van der Waals surface area (Å²) in [6, 6.07) is 1.42. The van der Waals surface area contributed by atoms with E-state index in [4.69, 9.17) is 11.6 Å². The molecule has 0 fully saturated rings. The van der Waals surface area contributed by atoms with Crippen LogP contribution in [0.5, 0.6) is 0 Å². The molecule has 0 radical (unpaired) electrons. The molecule has 1 heterocycles. The minimum absolute atomic E-state index is 0.0175. The molecule has 16 heavy (non-hydrogen) atoms. The minimum Gasteiger partial charge on any atom is -0.469 e. The molecular weight excluding hydrogens is 240 g/mol. The molecule has 0 saturated heterocycles. The molecule has 0 atom stereocenters. The summed E-state index contributed by atoms with van der Waals surface area (Å²) in [4.78, 5) is 14.6. The normalized spacial score (nSPS) is 10.6. The molecule has 1 aromatic heterocycles. The summed E-state index contributed by atoms with van der Waals surface area (Å²) < 4.78 is 29.7. The first-order chi connectivity index (χ1) is 7.45. The average Bonchev–Trinajstić information content (AvgIpc) is 2.22. The van der Waals surface area contributed by atoms with Crippen LogP contribution in [-0.4, -0.2) is 18.1 Å². The van der Waals surface area contributed by atoms with Gasteiger partial charge in [0.05, 0.1) is 13.5 Å². The van der Waals surface area contributed by atoms with Gasteiger partial charge in [0.1, 0.15) is 10.8 Å². The number of carbonyl (C=O) groups is 1. The number of methoxy groups -OCH3 is 1. The zero-order chi connectivity index (χ0) is 12.3. The molecule has 0 spiro atoms. The Balaban J connectivity index is 3.14. The van der Waals surface area contributed by atoms with Crippen molar-refractivity contribution in [3.63, 3.8) is 0 Å². The maximum Gasteiger partial charge on any atom is 0.310 e. The van der Waals surface area contributed by atoms with Gasteiger partial charge in [0.2, 0.25) is 0 Å². The Bertz CT molecular complexity index is 410. The number of carbonyl (C=O) groups excluding carboxylic acids is 1. The van der Waals surface area contributed by atoms with Crippen LogP contribution in [-0.2, 0) is 16.0 Å². The van der Waals surface area contributed by atoms with E-state index in [0.717, 1.165) is 0 Å². The highest BCUT2D eigenvalue weighted by Crippen LogP contribution is 2.25. The Morgan fingerprint density at radius 2 is 2.25 bits per heavy atom. The molecule has 0 bridgehead atoms. The van der Waals surface area contributed by atoms with Crippen LogP contribution in [0.1, 0.15) is 23.2 Å². The first-order valence-corrected chi connectivity index (χ1v) is 4.84. The first kappa shape index (κ1) is 12.8. The number of alkyl halides is 2. The molecule has 88 valence electrons. The lowest BCUT2D eigenvalue weighted by Gasteiger charge is -2.09. The second-order valence-electron chi connectivity index (χ2n) is 3.19. The number of halogens is 3. The van der Waals surface area contributed by atoms with Crippen molar-refractivity contribution in [2.24, 2.45) is 0 Å². The van der Waals surface area contributed by atoms with E-state index in [1.807, 2.05) is 0 Å². The molecule has 1 rings (SSSR count). The third-order valence-electron chi connectivity index (χ3n) is 2.03. The maximum absolute atomic E-state index is 12.6. The lowest BCUT2D eigenvalue weighted by atomic mass is 10.1. The molecule has 0 amide bonds. The predicted octanol–water partition coefficient (Wildman–Crippen LogP) is 2.70. The molecule has 3 nitrogen and oxygen atoms in total. The molecule has 0 unspecified atom stereocenters. The van der Waals surface area contributed by atoms with E-state index in [9.17, 15) is 13.6 Å². The van der Waals surface area contributed by atoms with Gasteiger partial charge in [-0.2, -0.15) is 0 Å². The first-order valence-electron chi connectivity index (χ1n) is 4.46. The topological polar surface area (TPSA) is 39.2 Å². The zero-order valence-electron chi connectivity index (χ0n) is 8.76. The summed E-state index contributed by atoms with van der Waals surface area (Å²) in [6.45, 7) is 1.63. The molecule has 0 aliphatic heterocycles. The van der Waals surface area contributed by atoms with Crippen LogP contribution in [0.15, 0.2) is 6.07 Å². The van der Waals surface area contributed by atoms with Crippen molar-refractivity contribution in [1.29, 1.82) is 0 Å². The summed E-state index contributed by atoms with van der Waals surface area (Å²) in [5, 5.41) is 0.0175. The van der Waals surface area contributed by atoms with Gasteiger partial charge in [0, 0.05) is 0 Å². The van der Waals surface area contributed by atoms with Gasteiger partial charge < -0.3 is 4.74 Å². The fourth-order valence-corrected chi connectivity index (χ4v) is 1.36. The van der Waals surface area contributed by atoms with Crippen LogP contribution in [0.2, 0.25) is 5.15 Å². The summed E-state index contributed by atoms with van der Waals surface area (Å²) in [7, 11) is 1.20. The number of rotatable bonds is 3. The van der Waals surface area contributed by atoms with E-state index in [0.29, 0.717) is 5.56 Å². The van der Waals surface area contributed by atoms with E-state index in [1.54, 1.807) is 6.92 Å². The van der Waals surface area contributed by atoms with Gasteiger partial charge in [-0.1, -0.05) is 17.7 Å². The Hall–Kier alpha value is -1.23. The van der Waals surface area contributed by atoms with Crippen molar-refractivity contribution in [1.82, 2.24) is 4.98 Å². The van der Waals surface area contributed by atoms with Crippen molar-refractivity contribution in [3.8, 4) is 0 Å². The van der Waals surface area contributed by atoms with Crippen LogP contribution in [0, 0.1) is 6.92 Å². The van der Waals surface area contributed by atoms with Crippen molar-refractivity contribution in [2.45, 2.75) is 19.8 Å². The lowest BCUT2D eigenvalue weighted by molar-refractivity contribution is -0.139. The fraction of sp³-hybridized carbons (Fsp3) is 0.400. The highest BCUT2D eigenvalue weighted by atomic mass is 35.5. The molecule has 6 heteroatoms. The van der Waals surface area contributed by atoms with Gasteiger partial charge in [-0.25, -0.2) is 13.8 Å². The molecule has 0 aliphatic rings. The third-order valence-corrected chi connectivity index (χ3v) is 2.42. The molecule has 0 aromatic carbocycles. The van der Waals surface area contributed by atoms with Gasteiger partial charge in [0.25, 0.3) is 6.43 Å². The summed E-state index contributed by atoms with van der Waals surface area (Å²) >= 11 is 5.64. The van der Waals surface area contributed by atoms with Crippen molar-refractivity contribution in [2.75, 3.05) is 7.11 Å². The highest BCUT2D eigenvalue weighted by molar-refractivity contribution is 6.30. The molecular formula is C10H10ClF2NO2. The third kappa shape index (κ3) is 2.88. The summed E-state index contributed by atoms with van der Waals surface area (Å²) in [5.41, 5.74) is 0.217. The van der Waals surface area contributed by atoms with Crippen molar-refractivity contribution in [3.05, 3.63) is 28.0 Å². The van der Waals surface area contributed by atoms with Gasteiger partial charge in [-0.15, -0.1) is 0 Å². The quantitative estimate of drug-likeness (QED) is 0.611. The van der Waals surface area contributed by atoms with Crippen LogP contribution < -0.4 is 0 Å². The zero-order valence-corrected chi connectivity index (χ0v) is 9.52. The largest absolute Gasteiger partial charge is 0.469 e. The SMILES string of the molecule is COC(=O)Cc1cc(C)c(Cl)nc1C(F)F. The second-order valence-corrected chi connectivity index (χ2v) is 3.55. The van der Waals surface area contributed by atoms with Crippen LogP contribution >= 0.6 is 11.6 Å². The summed E-state index contributed by atoms with van der Waals surface area (Å²) in [5.74, 6) is -0.592. The van der Waals surface area contributed by atoms with Crippen LogP contribution in [0.4, 0.5) is 8.78 Å². The van der Waals surface area contributed by atoms with E-state index < -0.39 is 18.1 Å². The van der Waals surface area contributed by atoms with Gasteiger partial charge >= 0.3 is 5.97 Å². The number of hydrogen-bond acceptors (Lipinski definition) is 3. The minimum atomic E-state index is -2.77. The van der Waals surface area contributed by atoms with Crippen molar-refractivity contribution >= 4 is 17.6 Å². The highest BCUT2D eigenvalue weighted by Gasteiger charge is 2.19. The average molecular weight is 250 g/mol. The second kappa shape index (κ2) is 5.21. The monoisotopic (exact) mass is 249 g/mol. The number of aryl methyl sites for hydroxylation is 1. The number of aromatic nitrogens is 1. The molecule has 0 N–H and O–H groups in total. The predicted molar refractivity (Wildman–Crippen MR) is 54.7 cm³/mol. The standard InChI is InChI=1S/C10H10ClF2NO2/c1-5-3-6(4-7(15)16-2)8(10(12)13)14-9(5)11/h3,10H,4H2,1-2H3. The van der Waals surface area contributed by atoms with Gasteiger partial charge in [-0.05, 0) is 18.1 Å². The summed E-state index contributed by atoms with van der Waals surface area (Å²) in [6.07, 6.45) is -3.00. The number of esters is 1. The Morgan fingerprint density at radius 3 is 2.75 bits per heavy atom. The number of hydrogen-bond donors (Lipinski definition) is 0. The fourth-order valence-electron chi connectivity index (χ4n) is 1.22. The van der Waals surface area contributed by atoms with E-state index >= 15 is 0 Å². The van der Waals surface area contributed by atoms with Crippen molar-refractivity contribution < 1.29 is 18.3 Å². The number of pyridine rings is 1. The molecule has 0 saturated carbocycles. The van der Waals surface area contributed by atoms with Crippen LogP contribution in [0.25, 0.3) is 0 Å².